The molecule has 0 radical (unpaired) electrons. The summed E-state index contributed by atoms with van der Waals surface area (Å²) in [5, 5.41) is 2.93. The Labute approximate surface area is 240 Å². The molecule has 0 aliphatic rings. The summed E-state index contributed by atoms with van der Waals surface area (Å²) < 4.78 is 56.8. The average Bonchev–Trinajstić information content (AvgIpc) is 2.95. The number of benzene rings is 3. The van der Waals surface area contributed by atoms with Gasteiger partial charge < -0.3 is 10.2 Å². The Morgan fingerprint density at radius 3 is 2.07 bits per heavy atom. The van der Waals surface area contributed by atoms with E-state index >= 15 is 0 Å². The molecular weight excluding hydrogens is 550 g/mol. The van der Waals surface area contributed by atoms with Crippen LogP contribution in [0.1, 0.15) is 31.4 Å². The smallest absolute Gasteiger partial charge is 0.304 e. The molecule has 2 amide bonds. The lowest BCUT2D eigenvalue weighted by molar-refractivity contribution is -0.140. The Morgan fingerprint density at radius 1 is 0.878 bits per heavy atom. The SMILES string of the molecule is CC[C@@H](C)NC(=O)[C@H](Cc1ccccc1)N(Cc1ccc(F)cc1)C(=O)CN(c1ccccc1F)S(=O)(=O)N(C)C. The molecule has 0 unspecified atom stereocenters. The van der Waals surface area contributed by atoms with Gasteiger partial charge in [-0.1, -0.05) is 61.5 Å². The highest BCUT2D eigenvalue weighted by Crippen LogP contribution is 2.24. The molecule has 11 heteroatoms. The molecule has 3 aromatic carbocycles. The molecule has 0 bridgehead atoms. The number of nitrogens with zero attached hydrogens (tertiary/aromatic N) is 3. The van der Waals surface area contributed by atoms with Crippen LogP contribution in [-0.2, 0) is 32.8 Å². The number of amides is 2. The molecule has 0 heterocycles. The standard InChI is InChI=1S/C30H36F2N4O4S/c1-5-22(2)33-30(38)28(19-23-11-7-6-8-12-23)35(20-24-15-17-25(31)18-16-24)29(37)21-36(41(39,40)34(3)4)27-14-10-9-13-26(27)32/h6-18,22,28H,5,19-21H2,1-4H3,(H,33,38)/t22-,28+/m1/s1. The maximum atomic E-state index is 14.9. The zero-order valence-electron chi connectivity index (χ0n) is 23.6. The number of hydrogen-bond donors (Lipinski definition) is 1. The molecule has 3 aromatic rings. The summed E-state index contributed by atoms with van der Waals surface area (Å²) in [6, 6.07) is 18.6. The summed E-state index contributed by atoms with van der Waals surface area (Å²) in [5.74, 6) is -2.45. The van der Waals surface area contributed by atoms with Gasteiger partial charge in [-0.25, -0.2) is 13.1 Å². The van der Waals surface area contributed by atoms with E-state index < -0.39 is 46.2 Å². The highest BCUT2D eigenvalue weighted by molar-refractivity contribution is 7.90. The minimum atomic E-state index is -4.32. The van der Waals surface area contributed by atoms with E-state index in [9.17, 15) is 26.8 Å². The predicted octanol–water partition coefficient (Wildman–Crippen LogP) is 4.13. The van der Waals surface area contributed by atoms with Gasteiger partial charge in [-0.15, -0.1) is 0 Å². The van der Waals surface area contributed by atoms with Gasteiger partial charge >= 0.3 is 10.2 Å². The molecule has 2 atom stereocenters. The Hall–Kier alpha value is -3.83. The summed E-state index contributed by atoms with van der Waals surface area (Å²) in [6.07, 6.45) is 0.786. The number of rotatable bonds is 13. The number of carbonyl (C=O) groups is 2. The van der Waals surface area contributed by atoms with E-state index in [-0.39, 0.29) is 24.7 Å². The maximum Gasteiger partial charge on any atom is 0.304 e. The second-order valence-electron chi connectivity index (χ2n) is 9.92. The minimum absolute atomic E-state index is 0.113. The van der Waals surface area contributed by atoms with Gasteiger partial charge in [-0.05, 0) is 48.7 Å². The summed E-state index contributed by atoms with van der Waals surface area (Å²) in [5.41, 5.74) is 1.00. The Balaban J connectivity index is 2.10. The van der Waals surface area contributed by atoms with Crippen molar-refractivity contribution in [3.8, 4) is 0 Å². The van der Waals surface area contributed by atoms with E-state index in [1.165, 1.54) is 61.5 Å². The molecular formula is C30H36F2N4O4S. The molecule has 0 aliphatic heterocycles. The molecule has 0 aromatic heterocycles. The molecule has 0 saturated heterocycles. The van der Waals surface area contributed by atoms with Crippen LogP contribution >= 0.6 is 0 Å². The third kappa shape index (κ3) is 8.34. The van der Waals surface area contributed by atoms with E-state index in [1.807, 2.05) is 44.2 Å². The maximum absolute atomic E-state index is 14.9. The largest absolute Gasteiger partial charge is 0.352 e. The number of anilines is 1. The van der Waals surface area contributed by atoms with Crippen molar-refractivity contribution in [1.82, 2.24) is 14.5 Å². The zero-order valence-corrected chi connectivity index (χ0v) is 24.4. The lowest BCUT2D eigenvalue weighted by Gasteiger charge is -2.35. The summed E-state index contributed by atoms with van der Waals surface area (Å²) in [4.78, 5) is 29.0. The number of halogens is 2. The molecule has 8 nitrogen and oxygen atoms in total. The van der Waals surface area contributed by atoms with Gasteiger partial charge in [0.25, 0.3) is 0 Å². The van der Waals surface area contributed by atoms with Gasteiger partial charge in [0.2, 0.25) is 11.8 Å². The second-order valence-corrected chi connectivity index (χ2v) is 12.0. The second kappa shape index (κ2) is 14.2. The topological polar surface area (TPSA) is 90.0 Å². The quantitative estimate of drug-likeness (QED) is 0.326. The normalized spacial score (nSPS) is 13.0. The fraction of sp³-hybridized carbons (Fsp3) is 0.333. The minimum Gasteiger partial charge on any atom is -0.352 e. The molecule has 0 fully saturated rings. The lowest BCUT2D eigenvalue weighted by atomic mass is 10.0. The number of hydrogen-bond acceptors (Lipinski definition) is 4. The van der Waals surface area contributed by atoms with Gasteiger partial charge in [0.15, 0.2) is 0 Å². The summed E-state index contributed by atoms with van der Waals surface area (Å²) in [6.45, 7) is 2.87. The van der Waals surface area contributed by atoms with Crippen molar-refractivity contribution >= 4 is 27.7 Å². The van der Waals surface area contributed by atoms with Crippen molar-refractivity contribution in [3.63, 3.8) is 0 Å². The Kier molecular flexibility index (Phi) is 11.0. The van der Waals surface area contributed by atoms with Crippen LogP contribution in [-0.4, -0.2) is 62.2 Å². The van der Waals surface area contributed by atoms with Gasteiger partial charge in [0.1, 0.15) is 24.2 Å². The first-order valence-corrected chi connectivity index (χ1v) is 14.7. The van der Waals surface area contributed by atoms with Crippen molar-refractivity contribution in [3.05, 3.63) is 102 Å². The zero-order chi connectivity index (χ0) is 30.2. The van der Waals surface area contributed by atoms with Gasteiger partial charge in [-0.2, -0.15) is 12.7 Å². The van der Waals surface area contributed by atoms with Gasteiger partial charge in [0, 0.05) is 33.1 Å². The van der Waals surface area contributed by atoms with Crippen molar-refractivity contribution in [2.24, 2.45) is 0 Å². The van der Waals surface area contributed by atoms with Crippen molar-refractivity contribution in [1.29, 1.82) is 0 Å². The van der Waals surface area contributed by atoms with Crippen LogP contribution in [0.25, 0.3) is 0 Å². The van der Waals surface area contributed by atoms with Crippen LogP contribution in [0, 0.1) is 11.6 Å². The third-order valence-corrected chi connectivity index (χ3v) is 8.48. The number of carbonyl (C=O) groups excluding carboxylic acids is 2. The molecule has 0 spiro atoms. The predicted molar refractivity (Wildman–Crippen MR) is 155 cm³/mol. The highest BCUT2D eigenvalue weighted by atomic mass is 32.2. The Morgan fingerprint density at radius 2 is 1.49 bits per heavy atom. The van der Waals surface area contributed by atoms with Crippen LogP contribution in [0.15, 0.2) is 78.9 Å². The van der Waals surface area contributed by atoms with Crippen LogP contribution in [0.4, 0.5) is 14.5 Å². The number of para-hydroxylation sites is 1. The average molecular weight is 587 g/mol. The molecule has 0 saturated carbocycles. The van der Waals surface area contributed by atoms with E-state index in [0.29, 0.717) is 16.3 Å². The van der Waals surface area contributed by atoms with E-state index in [1.54, 1.807) is 0 Å². The fourth-order valence-electron chi connectivity index (χ4n) is 4.14. The summed E-state index contributed by atoms with van der Waals surface area (Å²) >= 11 is 0. The first-order valence-electron chi connectivity index (χ1n) is 13.3. The highest BCUT2D eigenvalue weighted by Gasteiger charge is 2.35. The molecule has 220 valence electrons. The van der Waals surface area contributed by atoms with Crippen LogP contribution in [0.3, 0.4) is 0 Å². The fourth-order valence-corrected chi connectivity index (χ4v) is 5.20. The van der Waals surface area contributed by atoms with Crippen molar-refractivity contribution < 1.29 is 26.8 Å². The lowest BCUT2D eigenvalue weighted by Crippen LogP contribution is -2.55. The number of nitrogens with one attached hydrogen (secondary N) is 1. The first kappa shape index (κ1) is 31.7. The first-order chi connectivity index (χ1) is 19.4. The van der Waals surface area contributed by atoms with Crippen LogP contribution in [0.5, 0.6) is 0 Å². The summed E-state index contributed by atoms with van der Waals surface area (Å²) in [7, 11) is -1.76. The van der Waals surface area contributed by atoms with Crippen molar-refractivity contribution in [2.75, 3.05) is 24.9 Å². The monoisotopic (exact) mass is 586 g/mol. The van der Waals surface area contributed by atoms with Crippen molar-refractivity contribution in [2.45, 2.75) is 45.3 Å². The van der Waals surface area contributed by atoms with Gasteiger partial charge in [0.05, 0.1) is 5.69 Å². The molecule has 0 aliphatic carbocycles. The van der Waals surface area contributed by atoms with Crippen LogP contribution < -0.4 is 9.62 Å². The van der Waals surface area contributed by atoms with Crippen LogP contribution in [0.2, 0.25) is 0 Å². The molecule has 3 rings (SSSR count). The molecule has 41 heavy (non-hydrogen) atoms. The third-order valence-electron chi connectivity index (χ3n) is 6.68. The molecule has 1 N–H and O–H groups in total. The van der Waals surface area contributed by atoms with Gasteiger partial charge in [-0.3, -0.25) is 9.59 Å². The van der Waals surface area contributed by atoms with E-state index in [0.717, 1.165) is 15.9 Å². The Bertz CT molecular complexity index is 1420. The van der Waals surface area contributed by atoms with E-state index in [4.69, 9.17) is 0 Å². The van der Waals surface area contributed by atoms with E-state index in [2.05, 4.69) is 5.32 Å².